The van der Waals surface area contributed by atoms with Gasteiger partial charge >= 0.3 is 0 Å². The van der Waals surface area contributed by atoms with E-state index in [0.29, 0.717) is 11.3 Å². The van der Waals surface area contributed by atoms with Gasteiger partial charge in [-0.25, -0.2) is 0 Å². The third kappa shape index (κ3) is 3.87. The van der Waals surface area contributed by atoms with Gasteiger partial charge in [-0.3, -0.25) is 19.0 Å². The molecule has 2 amide bonds. The molecule has 1 aromatic rings. The largest absolute Gasteiger partial charge is 0.304 e. The molecule has 3 rings (SSSR count). The van der Waals surface area contributed by atoms with Gasteiger partial charge in [0.15, 0.2) is 0 Å². The molecule has 0 aromatic heterocycles. The van der Waals surface area contributed by atoms with Crippen LogP contribution in [0, 0.1) is 0 Å². The quantitative estimate of drug-likeness (QED) is 0.294. The molecule has 0 radical (unpaired) electrons. The fourth-order valence-electron chi connectivity index (χ4n) is 2.78. The van der Waals surface area contributed by atoms with E-state index in [9.17, 15) is 18.0 Å². The lowest BCUT2D eigenvalue weighted by Gasteiger charge is -2.14. The number of carbonyl (C=O) groups excluding carboxylic acids is 2. The van der Waals surface area contributed by atoms with Crippen molar-refractivity contribution in [2.45, 2.75) is 0 Å². The van der Waals surface area contributed by atoms with Gasteiger partial charge in [0.05, 0.1) is 21.9 Å². The molecule has 2 aliphatic heterocycles. The predicted molar refractivity (Wildman–Crippen MR) is 112 cm³/mol. The second-order valence-electron chi connectivity index (χ2n) is 5.68. The van der Waals surface area contributed by atoms with Crippen molar-refractivity contribution < 1.29 is 22.6 Å². The Morgan fingerprint density at radius 1 is 1.26 bits per heavy atom. The summed E-state index contributed by atoms with van der Waals surface area (Å²) in [6, 6.07) is 5.31. The lowest BCUT2D eigenvalue weighted by molar-refractivity contribution is -0.122. The lowest BCUT2D eigenvalue weighted by Crippen LogP contribution is -2.33. The molecule has 0 bridgehead atoms. The second-order valence-corrected chi connectivity index (χ2v) is 9.81. The van der Waals surface area contributed by atoms with Crippen molar-refractivity contribution in [3.8, 4) is 0 Å². The van der Waals surface area contributed by atoms with Crippen LogP contribution in [0.1, 0.15) is 5.56 Å². The lowest BCUT2D eigenvalue weighted by atomic mass is 10.1. The van der Waals surface area contributed by atoms with Gasteiger partial charge in [0.1, 0.15) is 4.32 Å². The van der Waals surface area contributed by atoms with Gasteiger partial charge in [0.2, 0.25) is 0 Å². The number of halogens is 1. The topological polar surface area (TPSA) is 95.0 Å². The molecule has 0 saturated carbocycles. The van der Waals surface area contributed by atoms with Gasteiger partial charge in [0, 0.05) is 23.1 Å². The Bertz CT molecular complexity index is 1020. The van der Waals surface area contributed by atoms with Crippen LogP contribution >= 0.6 is 39.9 Å². The summed E-state index contributed by atoms with van der Waals surface area (Å²) in [5.74, 6) is -1.54. The zero-order chi connectivity index (χ0) is 19.9. The summed E-state index contributed by atoms with van der Waals surface area (Å²) in [5, 5.41) is 0. The Balaban J connectivity index is 2.06. The molecule has 1 saturated heterocycles. The highest BCUT2D eigenvalue weighted by Gasteiger charge is 2.42. The maximum Gasteiger partial charge on any atom is 0.267 e. The van der Waals surface area contributed by atoms with Gasteiger partial charge in [-0.15, -0.1) is 6.58 Å². The summed E-state index contributed by atoms with van der Waals surface area (Å²) in [5.41, 5.74) is 1.47. The van der Waals surface area contributed by atoms with Crippen molar-refractivity contribution in [3.05, 3.63) is 45.8 Å². The number of thioether (sulfide) groups is 1. The van der Waals surface area contributed by atoms with Crippen molar-refractivity contribution in [2.75, 3.05) is 23.7 Å². The van der Waals surface area contributed by atoms with Crippen molar-refractivity contribution in [2.24, 2.45) is 0 Å². The van der Waals surface area contributed by atoms with E-state index in [4.69, 9.17) is 16.8 Å². The first-order valence-corrected chi connectivity index (χ1v) is 11.2. The molecule has 2 aliphatic rings. The molecule has 142 valence electrons. The van der Waals surface area contributed by atoms with Crippen LogP contribution in [0.25, 0.3) is 5.57 Å². The summed E-state index contributed by atoms with van der Waals surface area (Å²) in [7, 11) is -4.25. The number of anilines is 1. The summed E-state index contributed by atoms with van der Waals surface area (Å²) < 4.78 is 31.8. The monoisotopic (exact) mass is 488 g/mol. The number of benzene rings is 1. The van der Waals surface area contributed by atoms with Crippen molar-refractivity contribution >= 4 is 77.4 Å². The smallest absolute Gasteiger partial charge is 0.267 e. The predicted octanol–water partition coefficient (Wildman–Crippen LogP) is 2.44. The van der Waals surface area contributed by atoms with Gasteiger partial charge in [0.25, 0.3) is 21.9 Å². The maximum absolute atomic E-state index is 13.0. The summed E-state index contributed by atoms with van der Waals surface area (Å²) in [4.78, 5) is 28.5. The van der Waals surface area contributed by atoms with Gasteiger partial charge < -0.3 is 4.90 Å². The summed E-state index contributed by atoms with van der Waals surface area (Å²) in [6.07, 6.45) is 1.59. The Morgan fingerprint density at radius 2 is 1.96 bits per heavy atom. The van der Waals surface area contributed by atoms with Crippen LogP contribution in [0.5, 0.6) is 0 Å². The Morgan fingerprint density at radius 3 is 2.59 bits per heavy atom. The normalized spacial score (nSPS) is 19.9. The number of amides is 2. The number of hydrogen-bond acceptors (Lipinski definition) is 6. The molecule has 1 fully saturated rings. The first-order valence-electron chi connectivity index (χ1n) is 7.60. The number of hydrogen-bond donors (Lipinski definition) is 1. The van der Waals surface area contributed by atoms with Crippen LogP contribution in [0.2, 0.25) is 0 Å². The molecule has 0 spiro atoms. The minimum Gasteiger partial charge on any atom is -0.304 e. The number of carbonyl (C=O) groups is 2. The number of nitrogens with zero attached hydrogens (tertiary/aromatic N) is 2. The van der Waals surface area contributed by atoms with Crippen LogP contribution in [-0.2, 0) is 19.7 Å². The molecule has 0 unspecified atom stereocenters. The van der Waals surface area contributed by atoms with Crippen LogP contribution in [-0.4, -0.2) is 52.8 Å². The van der Waals surface area contributed by atoms with E-state index in [1.807, 2.05) is 0 Å². The number of fused-ring (bicyclic) bond motifs is 1. The minimum atomic E-state index is -4.25. The zero-order valence-corrected chi connectivity index (χ0v) is 17.8. The molecule has 1 N–H and O–H groups in total. The first-order chi connectivity index (χ1) is 12.6. The average molecular weight is 489 g/mol. The number of thiocarbonyl (C=S) groups is 1. The Hall–Kier alpha value is -1.53. The van der Waals surface area contributed by atoms with Gasteiger partial charge in [-0.1, -0.05) is 46.0 Å². The molecule has 0 atom stereocenters. The van der Waals surface area contributed by atoms with Crippen LogP contribution in [0.3, 0.4) is 0 Å². The van der Waals surface area contributed by atoms with Gasteiger partial charge in [-0.2, -0.15) is 8.42 Å². The Kier molecular flexibility index (Phi) is 5.59. The van der Waals surface area contributed by atoms with E-state index in [1.54, 1.807) is 24.3 Å². The fourth-order valence-corrected chi connectivity index (χ4v) is 4.94. The third-order valence-electron chi connectivity index (χ3n) is 3.94. The van der Waals surface area contributed by atoms with Crippen molar-refractivity contribution in [3.63, 3.8) is 0 Å². The van der Waals surface area contributed by atoms with E-state index in [-0.39, 0.29) is 33.8 Å². The maximum atomic E-state index is 13.0. The molecule has 11 heteroatoms. The van der Waals surface area contributed by atoms with E-state index in [0.717, 1.165) is 21.1 Å². The highest BCUT2D eigenvalue weighted by molar-refractivity contribution is 9.10. The fraction of sp³-hybridized carbons (Fsp3) is 0.188. The summed E-state index contributed by atoms with van der Waals surface area (Å²) in [6.45, 7) is 3.65. The summed E-state index contributed by atoms with van der Waals surface area (Å²) >= 11 is 9.48. The van der Waals surface area contributed by atoms with E-state index < -0.39 is 21.8 Å². The molecular formula is C16H13BrN2O5S3. The number of rotatable bonds is 5. The van der Waals surface area contributed by atoms with Crippen LogP contribution in [0.4, 0.5) is 5.69 Å². The molecular weight excluding hydrogens is 476 g/mol. The van der Waals surface area contributed by atoms with Crippen molar-refractivity contribution in [1.29, 1.82) is 0 Å². The zero-order valence-electron chi connectivity index (χ0n) is 13.7. The minimum absolute atomic E-state index is 0.137. The molecule has 0 aliphatic carbocycles. The molecule has 7 nitrogen and oxygen atoms in total. The average Bonchev–Trinajstić information content (AvgIpc) is 2.99. The standard InChI is InChI=1S/C16H13BrN2O5S3/c1-2-5-18-11-4-3-9(17)8-10(11)12(14(18)20)13-15(21)19(16(25)26-13)6-7-27(22,23)24/h2-4,8H,1,5-7H2,(H,22,23,24)/b13-12-. The third-order valence-corrected chi connectivity index (χ3v) is 6.58. The molecule has 2 heterocycles. The SMILES string of the molecule is C=CCN1C(=O)/C(=C2\SC(=S)N(CCS(=O)(=O)O)C2=O)c2cc(Br)ccc21. The van der Waals surface area contributed by atoms with Crippen LogP contribution < -0.4 is 4.90 Å². The van der Waals surface area contributed by atoms with E-state index in [1.165, 1.54) is 4.90 Å². The molecule has 27 heavy (non-hydrogen) atoms. The van der Waals surface area contributed by atoms with Gasteiger partial charge in [-0.05, 0) is 18.2 Å². The van der Waals surface area contributed by atoms with E-state index >= 15 is 0 Å². The highest BCUT2D eigenvalue weighted by atomic mass is 79.9. The van der Waals surface area contributed by atoms with Crippen molar-refractivity contribution in [1.82, 2.24) is 4.90 Å². The van der Waals surface area contributed by atoms with Crippen LogP contribution in [0.15, 0.2) is 40.2 Å². The Labute approximate surface area is 174 Å². The first kappa shape index (κ1) is 20.2. The molecule has 1 aromatic carbocycles. The van der Waals surface area contributed by atoms with E-state index in [2.05, 4.69) is 22.5 Å². The highest BCUT2D eigenvalue weighted by Crippen LogP contribution is 2.45. The second kappa shape index (κ2) is 7.47.